The Hall–Kier alpha value is -0.0400. The summed E-state index contributed by atoms with van der Waals surface area (Å²) >= 11 is 0. The Labute approximate surface area is 128 Å². The van der Waals surface area contributed by atoms with Crippen molar-refractivity contribution in [1.82, 2.24) is 5.32 Å². The van der Waals surface area contributed by atoms with Gasteiger partial charge in [0.25, 0.3) is 0 Å². The van der Waals surface area contributed by atoms with Crippen LogP contribution in [0.4, 0.5) is 0 Å². The largest absolute Gasteiger partial charge is 0.314 e. The van der Waals surface area contributed by atoms with Crippen molar-refractivity contribution in [2.75, 3.05) is 6.54 Å². The van der Waals surface area contributed by atoms with E-state index in [-0.39, 0.29) is 0 Å². The molecule has 1 aliphatic carbocycles. The molecule has 0 bridgehead atoms. The minimum absolute atomic E-state index is 0.513. The van der Waals surface area contributed by atoms with E-state index in [0.717, 1.165) is 24.4 Å². The molecule has 20 heavy (non-hydrogen) atoms. The van der Waals surface area contributed by atoms with E-state index in [4.69, 9.17) is 0 Å². The molecule has 0 radical (unpaired) electrons. The summed E-state index contributed by atoms with van der Waals surface area (Å²) in [7, 11) is 0. The molecule has 1 N–H and O–H groups in total. The number of rotatable bonds is 9. The lowest BCUT2D eigenvalue weighted by atomic mass is 9.64. The zero-order valence-corrected chi connectivity index (χ0v) is 14.8. The van der Waals surface area contributed by atoms with Crippen LogP contribution in [-0.4, -0.2) is 12.6 Å². The minimum atomic E-state index is 0.513. The van der Waals surface area contributed by atoms with Crippen molar-refractivity contribution in [2.45, 2.75) is 98.4 Å². The van der Waals surface area contributed by atoms with Crippen LogP contribution in [0.25, 0.3) is 0 Å². The van der Waals surface area contributed by atoms with E-state index in [1.54, 1.807) is 0 Å². The summed E-state index contributed by atoms with van der Waals surface area (Å²) in [6, 6.07) is 0.759. The molecule has 1 nitrogen and oxygen atoms in total. The Morgan fingerprint density at radius 1 is 1.00 bits per heavy atom. The van der Waals surface area contributed by atoms with Gasteiger partial charge in [0.1, 0.15) is 0 Å². The molecule has 0 aromatic carbocycles. The van der Waals surface area contributed by atoms with E-state index in [1.165, 1.54) is 57.8 Å². The van der Waals surface area contributed by atoms with E-state index in [0.29, 0.717) is 5.41 Å². The molecule has 0 aromatic heterocycles. The first kappa shape index (κ1) is 18.0. The highest BCUT2D eigenvalue weighted by Crippen LogP contribution is 2.43. The van der Waals surface area contributed by atoms with E-state index >= 15 is 0 Å². The number of nitrogens with one attached hydrogen (secondary N) is 1. The van der Waals surface area contributed by atoms with Crippen LogP contribution >= 0.6 is 0 Å². The topological polar surface area (TPSA) is 12.0 Å². The lowest BCUT2D eigenvalue weighted by Gasteiger charge is -2.45. The second kappa shape index (κ2) is 9.07. The van der Waals surface area contributed by atoms with Gasteiger partial charge in [0.05, 0.1) is 0 Å². The first-order valence-corrected chi connectivity index (χ1v) is 9.24. The van der Waals surface area contributed by atoms with Crippen LogP contribution in [0.5, 0.6) is 0 Å². The van der Waals surface area contributed by atoms with Gasteiger partial charge < -0.3 is 5.32 Å². The normalized spacial score (nSPS) is 27.8. The molecule has 0 spiro atoms. The molecule has 0 saturated heterocycles. The first-order valence-electron chi connectivity index (χ1n) is 9.24. The van der Waals surface area contributed by atoms with Crippen LogP contribution in [-0.2, 0) is 0 Å². The predicted molar refractivity (Wildman–Crippen MR) is 91.1 cm³/mol. The van der Waals surface area contributed by atoms with Crippen LogP contribution in [0.2, 0.25) is 0 Å². The van der Waals surface area contributed by atoms with Crippen molar-refractivity contribution < 1.29 is 0 Å². The van der Waals surface area contributed by atoms with E-state index in [2.05, 4.69) is 39.9 Å². The number of unbranched alkanes of at least 4 members (excludes halogenated alkanes) is 4. The average Bonchev–Trinajstić information content (AvgIpc) is 2.38. The summed E-state index contributed by atoms with van der Waals surface area (Å²) < 4.78 is 0. The molecule has 1 rings (SSSR count). The van der Waals surface area contributed by atoms with Gasteiger partial charge in [-0.1, -0.05) is 73.1 Å². The van der Waals surface area contributed by atoms with Crippen molar-refractivity contribution in [1.29, 1.82) is 0 Å². The quantitative estimate of drug-likeness (QED) is 0.528. The van der Waals surface area contributed by atoms with Crippen LogP contribution < -0.4 is 5.32 Å². The van der Waals surface area contributed by atoms with Crippen LogP contribution in [0.3, 0.4) is 0 Å². The van der Waals surface area contributed by atoms with Crippen LogP contribution in [0, 0.1) is 17.3 Å². The van der Waals surface area contributed by atoms with Gasteiger partial charge >= 0.3 is 0 Å². The molecule has 1 saturated carbocycles. The molecule has 1 aliphatic rings. The fourth-order valence-corrected chi connectivity index (χ4v) is 4.17. The van der Waals surface area contributed by atoms with Gasteiger partial charge in [0.15, 0.2) is 0 Å². The lowest BCUT2D eigenvalue weighted by Crippen LogP contribution is -2.46. The zero-order chi connectivity index (χ0) is 15.0. The Bertz CT molecular complexity index is 246. The molecule has 120 valence electrons. The maximum Gasteiger partial charge on any atom is 0.0103 e. The Morgan fingerprint density at radius 2 is 1.70 bits per heavy atom. The summed E-state index contributed by atoms with van der Waals surface area (Å²) in [4.78, 5) is 0. The van der Waals surface area contributed by atoms with Crippen molar-refractivity contribution >= 4 is 0 Å². The molecular formula is C19H39N. The summed E-state index contributed by atoms with van der Waals surface area (Å²) in [6.45, 7) is 13.2. The average molecular weight is 282 g/mol. The van der Waals surface area contributed by atoms with Gasteiger partial charge in [-0.2, -0.15) is 0 Å². The highest BCUT2D eigenvalue weighted by Gasteiger charge is 2.37. The smallest absolute Gasteiger partial charge is 0.0103 e. The van der Waals surface area contributed by atoms with Gasteiger partial charge in [-0.25, -0.2) is 0 Å². The Balaban J connectivity index is 2.45. The molecule has 1 heteroatoms. The molecule has 0 aromatic rings. The van der Waals surface area contributed by atoms with E-state index in [9.17, 15) is 0 Å². The van der Waals surface area contributed by atoms with E-state index < -0.39 is 0 Å². The molecular weight excluding hydrogens is 242 g/mol. The lowest BCUT2D eigenvalue weighted by molar-refractivity contribution is 0.0851. The third-order valence-electron chi connectivity index (χ3n) is 5.51. The monoisotopic (exact) mass is 281 g/mol. The van der Waals surface area contributed by atoms with Crippen molar-refractivity contribution in [2.24, 2.45) is 17.3 Å². The van der Waals surface area contributed by atoms with Crippen molar-refractivity contribution in [3.8, 4) is 0 Å². The van der Waals surface area contributed by atoms with Gasteiger partial charge in [-0.3, -0.25) is 0 Å². The standard InChI is InChI=1S/C19H39N/c1-6-8-9-10-11-14-19(4,5)17-13-12-16(3)15-18(17)20-7-2/h16-18,20H,6-15H2,1-5H3. The molecule has 0 aliphatic heterocycles. The SMILES string of the molecule is CCCCCCCC(C)(C)C1CCC(C)CC1NCC. The van der Waals surface area contributed by atoms with Crippen LogP contribution in [0.15, 0.2) is 0 Å². The molecule has 1 fully saturated rings. The third kappa shape index (κ3) is 5.76. The highest BCUT2D eigenvalue weighted by molar-refractivity contribution is 4.91. The minimum Gasteiger partial charge on any atom is -0.314 e. The third-order valence-corrected chi connectivity index (χ3v) is 5.51. The predicted octanol–water partition coefficient (Wildman–Crippen LogP) is 5.79. The summed E-state index contributed by atoms with van der Waals surface area (Å²) in [5, 5.41) is 3.78. The fraction of sp³-hybridized carbons (Fsp3) is 1.00. The van der Waals surface area contributed by atoms with Gasteiger partial charge in [-0.15, -0.1) is 0 Å². The first-order chi connectivity index (χ1) is 9.51. The highest BCUT2D eigenvalue weighted by atomic mass is 14.9. The van der Waals surface area contributed by atoms with Crippen LogP contribution in [0.1, 0.15) is 92.4 Å². The van der Waals surface area contributed by atoms with Gasteiger partial charge in [0, 0.05) is 6.04 Å². The van der Waals surface area contributed by atoms with Gasteiger partial charge in [0.2, 0.25) is 0 Å². The molecule has 3 atom stereocenters. The second-order valence-corrected chi connectivity index (χ2v) is 7.84. The maximum atomic E-state index is 3.78. The number of hydrogen-bond donors (Lipinski definition) is 1. The molecule has 0 amide bonds. The maximum absolute atomic E-state index is 3.78. The van der Waals surface area contributed by atoms with Crippen molar-refractivity contribution in [3.63, 3.8) is 0 Å². The summed E-state index contributed by atoms with van der Waals surface area (Å²) in [5.74, 6) is 1.79. The Morgan fingerprint density at radius 3 is 2.35 bits per heavy atom. The summed E-state index contributed by atoms with van der Waals surface area (Å²) in [5.41, 5.74) is 0.513. The van der Waals surface area contributed by atoms with Gasteiger partial charge in [-0.05, 0) is 43.1 Å². The zero-order valence-electron chi connectivity index (χ0n) is 14.8. The second-order valence-electron chi connectivity index (χ2n) is 7.84. The molecule has 0 heterocycles. The number of hydrogen-bond acceptors (Lipinski definition) is 1. The fourth-order valence-electron chi connectivity index (χ4n) is 4.17. The van der Waals surface area contributed by atoms with Crippen molar-refractivity contribution in [3.05, 3.63) is 0 Å². The summed E-state index contributed by atoms with van der Waals surface area (Å²) in [6.07, 6.45) is 12.7. The molecule has 3 unspecified atom stereocenters. The Kier molecular flexibility index (Phi) is 8.17. The van der Waals surface area contributed by atoms with E-state index in [1.807, 2.05) is 0 Å².